The fraction of sp³-hybridized carbons (Fsp3) is 0.125. The molecular formula is C16H14ClN3O2. The molecule has 0 aromatic heterocycles. The zero-order chi connectivity index (χ0) is 16.1. The molecule has 3 N–H and O–H groups in total. The van der Waals surface area contributed by atoms with E-state index in [-0.39, 0.29) is 11.5 Å². The topological polar surface area (TPSA) is 88.1 Å². The molecule has 0 aliphatic heterocycles. The first-order valence-electron chi connectivity index (χ1n) is 6.45. The Morgan fingerprint density at radius 1 is 1.36 bits per heavy atom. The minimum Gasteiger partial charge on any atom is -0.495 e. The number of nitrogens with zero attached hydrogens (tertiary/aromatic N) is 1. The number of halogens is 1. The largest absolute Gasteiger partial charge is 0.495 e. The first-order valence-corrected chi connectivity index (χ1v) is 6.83. The molecule has 0 bridgehead atoms. The molecule has 0 radical (unpaired) electrons. The number of hydrogen-bond donors (Lipinski definition) is 2. The van der Waals surface area contributed by atoms with E-state index in [0.717, 1.165) is 5.56 Å². The Labute approximate surface area is 133 Å². The monoisotopic (exact) mass is 315 g/mol. The van der Waals surface area contributed by atoms with Crippen molar-refractivity contribution in [2.45, 2.75) is 6.54 Å². The molecule has 0 aliphatic rings. The Bertz CT molecular complexity index is 754. The summed E-state index contributed by atoms with van der Waals surface area (Å²) in [6, 6.07) is 11.8. The van der Waals surface area contributed by atoms with E-state index in [1.165, 1.54) is 19.2 Å². The average molecular weight is 316 g/mol. The van der Waals surface area contributed by atoms with E-state index in [9.17, 15) is 4.79 Å². The fourth-order valence-corrected chi connectivity index (χ4v) is 2.20. The van der Waals surface area contributed by atoms with E-state index in [2.05, 4.69) is 5.32 Å². The summed E-state index contributed by atoms with van der Waals surface area (Å²) in [5.41, 5.74) is 7.58. The second-order valence-corrected chi connectivity index (χ2v) is 4.97. The Hall–Kier alpha value is -2.71. The highest BCUT2D eigenvalue weighted by Gasteiger charge is 2.11. The van der Waals surface area contributed by atoms with Gasteiger partial charge in [-0.3, -0.25) is 4.79 Å². The second-order valence-electron chi connectivity index (χ2n) is 4.57. The van der Waals surface area contributed by atoms with E-state index in [0.29, 0.717) is 28.6 Å². The van der Waals surface area contributed by atoms with Crippen molar-refractivity contribution in [3.8, 4) is 11.8 Å². The first-order chi connectivity index (χ1) is 10.5. The molecule has 0 unspecified atom stereocenters. The Balaban J connectivity index is 2.10. The average Bonchev–Trinajstić information content (AvgIpc) is 2.53. The zero-order valence-corrected chi connectivity index (χ0v) is 12.6. The predicted octanol–water partition coefficient (Wildman–Crippen LogP) is 2.73. The number of ether oxygens (including phenoxy) is 1. The van der Waals surface area contributed by atoms with Crippen LogP contribution in [-0.4, -0.2) is 13.0 Å². The summed E-state index contributed by atoms with van der Waals surface area (Å²) in [5, 5.41) is 12.1. The molecular weight excluding hydrogens is 302 g/mol. The Kier molecular flexibility index (Phi) is 4.87. The number of nitrogens with one attached hydrogen (secondary N) is 1. The summed E-state index contributed by atoms with van der Waals surface area (Å²) in [6.07, 6.45) is 0. The summed E-state index contributed by atoms with van der Waals surface area (Å²) < 4.78 is 5.07. The SMILES string of the molecule is COc1ccc(CNC(=O)c2cc(C#N)ccc2N)cc1Cl. The molecule has 112 valence electrons. The van der Waals surface area contributed by atoms with Crippen LogP contribution in [0.15, 0.2) is 36.4 Å². The van der Waals surface area contributed by atoms with Gasteiger partial charge in [-0.2, -0.15) is 5.26 Å². The highest BCUT2D eigenvalue weighted by Crippen LogP contribution is 2.24. The third-order valence-electron chi connectivity index (χ3n) is 3.10. The van der Waals surface area contributed by atoms with Gasteiger partial charge < -0.3 is 15.8 Å². The van der Waals surface area contributed by atoms with Gasteiger partial charge in [0.05, 0.1) is 29.3 Å². The van der Waals surface area contributed by atoms with Crippen molar-refractivity contribution in [3.63, 3.8) is 0 Å². The smallest absolute Gasteiger partial charge is 0.253 e. The van der Waals surface area contributed by atoms with Crippen LogP contribution in [0, 0.1) is 11.3 Å². The van der Waals surface area contributed by atoms with Crippen molar-refractivity contribution in [2.75, 3.05) is 12.8 Å². The molecule has 0 atom stereocenters. The minimum absolute atomic E-state index is 0.277. The molecule has 2 rings (SSSR count). The van der Waals surface area contributed by atoms with E-state index in [1.54, 1.807) is 24.3 Å². The normalized spacial score (nSPS) is 9.86. The summed E-state index contributed by atoms with van der Waals surface area (Å²) >= 11 is 6.03. The van der Waals surface area contributed by atoms with Crippen molar-refractivity contribution < 1.29 is 9.53 Å². The number of carbonyl (C=O) groups excluding carboxylic acids is 1. The van der Waals surface area contributed by atoms with Crippen LogP contribution < -0.4 is 15.8 Å². The second kappa shape index (κ2) is 6.83. The molecule has 5 nitrogen and oxygen atoms in total. The first kappa shape index (κ1) is 15.7. The van der Waals surface area contributed by atoms with Gasteiger partial charge in [0.25, 0.3) is 5.91 Å². The molecule has 6 heteroatoms. The molecule has 0 saturated carbocycles. The lowest BCUT2D eigenvalue weighted by molar-refractivity contribution is 0.0952. The van der Waals surface area contributed by atoms with Crippen LogP contribution in [0.5, 0.6) is 5.75 Å². The maximum atomic E-state index is 12.2. The van der Waals surface area contributed by atoms with Crippen molar-refractivity contribution in [1.29, 1.82) is 5.26 Å². The van der Waals surface area contributed by atoms with Gasteiger partial charge in [0.1, 0.15) is 5.75 Å². The number of carbonyl (C=O) groups is 1. The van der Waals surface area contributed by atoms with Gasteiger partial charge >= 0.3 is 0 Å². The van der Waals surface area contributed by atoms with Crippen LogP contribution in [0.3, 0.4) is 0 Å². The maximum absolute atomic E-state index is 12.2. The van der Waals surface area contributed by atoms with E-state index >= 15 is 0 Å². The molecule has 1 amide bonds. The molecule has 22 heavy (non-hydrogen) atoms. The lowest BCUT2D eigenvalue weighted by atomic mass is 10.1. The third kappa shape index (κ3) is 3.48. The van der Waals surface area contributed by atoms with Gasteiger partial charge in [-0.25, -0.2) is 0 Å². The van der Waals surface area contributed by atoms with Crippen LogP contribution >= 0.6 is 11.6 Å². The molecule has 0 spiro atoms. The fourth-order valence-electron chi connectivity index (χ4n) is 1.92. The number of hydrogen-bond acceptors (Lipinski definition) is 4. The minimum atomic E-state index is -0.346. The van der Waals surface area contributed by atoms with Gasteiger partial charge in [0.15, 0.2) is 0 Å². The molecule has 0 heterocycles. The molecule has 0 saturated heterocycles. The summed E-state index contributed by atoms with van der Waals surface area (Å²) in [4.78, 5) is 12.2. The number of benzene rings is 2. The van der Waals surface area contributed by atoms with E-state index in [4.69, 9.17) is 27.3 Å². The number of nitrogens with two attached hydrogens (primary N) is 1. The number of rotatable bonds is 4. The lowest BCUT2D eigenvalue weighted by Gasteiger charge is -2.09. The predicted molar refractivity (Wildman–Crippen MR) is 84.7 cm³/mol. The quantitative estimate of drug-likeness (QED) is 0.849. The van der Waals surface area contributed by atoms with Crippen molar-refractivity contribution in [1.82, 2.24) is 5.32 Å². The van der Waals surface area contributed by atoms with Crippen molar-refractivity contribution in [2.24, 2.45) is 0 Å². The van der Waals surface area contributed by atoms with Crippen LogP contribution in [0.2, 0.25) is 5.02 Å². The number of anilines is 1. The Morgan fingerprint density at radius 2 is 2.14 bits per heavy atom. The lowest BCUT2D eigenvalue weighted by Crippen LogP contribution is -2.24. The number of nitriles is 1. The zero-order valence-electron chi connectivity index (χ0n) is 11.9. The van der Waals surface area contributed by atoms with Crippen LogP contribution in [0.4, 0.5) is 5.69 Å². The van der Waals surface area contributed by atoms with Crippen molar-refractivity contribution in [3.05, 3.63) is 58.1 Å². The standard InChI is InChI=1S/C16H14ClN3O2/c1-22-15-5-3-11(7-13(15)17)9-20-16(21)12-6-10(8-18)2-4-14(12)19/h2-7H,9,19H2,1H3,(H,20,21). The van der Waals surface area contributed by atoms with Crippen molar-refractivity contribution >= 4 is 23.2 Å². The molecule has 0 aliphatic carbocycles. The van der Waals surface area contributed by atoms with Crippen LogP contribution in [-0.2, 0) is 6.54 Å². The molecule has 0 fully saturated rings. The van der Waals surface area contributed by atoms with Gasteiger partial charge in [-0.15, -0.1) is 0 Å². The van der Waals surface area contributed by atoms with Crippen LogP contribution in [0.1, 0.15) is 21.5 Å². The molecule has 2 aromatic carbocycles. The van der Waals surface area contributed by atoms with Crippen LogP contribution in [0.25, 0.3) is 0 Å². The summed E-state index contributed by atoms with van der Waals surface area (Å²) in [7, 11) is 1.54. The van der Waals surface area contributed by atoms with Gasteiger partial charge in [-0.05, 0) is 35.9 Å². The number of nitrogen functional groups attached to an aromatic ring is 1. The molecule has 2 aromatic rings. The van der Waals surface area contributed by atoms with Gasteiger partial charge in [0.2, 0.25) is 0 Å². The van der Waals surface area contributed by atoms with Gasteiger partial charge in [0, 0.05) is 12.2 Å². The third-order valence-corrected chi connectivity index (χ3v) is 3.39. The van der Waals surface area contributed by atoms with E-state index < -0.39 is 0 Å². The van der Waals surface area contributed by atoms with Gasteiger partial charge in [-0.1, -0.05) is 17.7 Å². The number of amides is 1. The summed E-state index contributed by atoms with van der Waals surface area (Å²) in [5.74, 6) is 0.226. The van der Waals surface area contributed by atoms with E-state index in [1.807, 2.05) is 6.07 Å². The number of methoxy groups -OCH3 is 1. The highest BCUT2D eigenvalue weighted by atomic mass is 35.5. The summed E-state index contributed by atoms with van der Waals surface area (Å²) in [6.45, 7) is 0.290. The Morgan fingerprint density at radius 3 is 2.77 bits per heavy atom. The highest BCUT2D eigenvalue weighted by molar-refractivity contribution is 6.32. The maximum Gasteiger partial charge on any atom is 0.253 e.